The molecule has 0 saturated heterocycles. The summed E-state index contributed by atoms with van der Waals surface area (Å²) in [5.74, 6) is 0. The lowest BCUT2D eigenvalue weighted by molar-refractivity contribution is 0.715. The van der Waals surface area contributed by atoms with E-state index >= 15 is 0 Å². The average molecular weight is 387 g/mol. The van der Waals surface area contributed by atoms with Crippen LogP contribution in [0.5, 0.6) is 0 Å². The van der Waals surface area contributed by atoms with Gasteiger partial charge in [0.1, 0.15) is 4.70 Å². The minimum atomic E-state index is -0.409. The van der Waals surface area contributed by atoms with Crippen LogP contribution in [0.25, 0.3) is 15.9 Å². The van der Waals surface area contributed by atoms with E-state index in [0.29, 0.717) is 21.5 Å². The monoisotopic (exact) mass is 387 g/mol. The largest absolute Gasteiger partial charge is 0.336 e. The van der Waals surface area contributed by atoms with Crippen LogP contribution in [0.4, 0.5) is 0 Å². The van der Waals surface area contributed by atoms with Crippen molar-refractivity contribution < 1.29 is 0 Å². The minimum absolute atomic E-state index is 0.223. The van der Waals surface area contributed by atoms with E-state index in [1.807, 2.05) is 49.6 Å². The highest BCUT2D eigenvalue weighted by Gasteiger charge is 2.17. The normalized spacial score (nSPS) is 10.9. The van der Waals surface area contributed by atoms with E-state index in [-0.39, 0.29) is 12.1 Å². The van der Waals surface area contributed by atoms with E-state index in [1.54, 1.807) is 22.8 Å². The van der Waals surface area contributed by atoms with Gasteiger partial charge < -0.3 is 0 Å². The van der Waals surface area contributed by atoms with Gasteiger partial charge in [-0.3, -0.25) is 9.36 Å². The van der Waals surface area contributed by atoms with E-state index < -0.39 is 5.69 Å². The van der Waals surface area contributed by atoms with Gasteiger partial charge in [0.05, 0.1) is 29.4 Å². The first-order valence-electron chi connectivity index (χ1n) is 8.79. The van der Waals surface area contributed by atoms with Crippen LogP contribution in [-0.2, 0) is 6.54 Å². The van der Waals surface area contributed by atoms with Gasteiger partial charge in [0.25, 0.3) is 5.56 Å². The van der Waals surface area contributed by atoms with Gasteiger partial charge in [-0.25, -0.2) is 9.36 Å². The number of benzene rings is 2. The molecule has 0 fully saturated rings. The van der Waals surface area contributed by atoms with Crippen molar-refractivity contribution in [3.8, 4) is 11.8 Å². The van der Waals surface area contributed by atoms with E-state index in [9.17, 15) is 14.9 Å². The van der Waals surface area contributed by atoms with Gasteiger partial charge in [0, 0.05) is 0 Å². The number of rotatable bonds is 3. The third-order valence-electron chi connectivity index (χ3n) is 4.69. The number of thiophene rings is 1. The Kier molecular flexibility index (Phi) is 4.46. The maximum atomic E-state index is 13.4. The van der Waals surface area contributed by atoms with Crippen molar-refractivity contribution in [2.75, 3.05) is 0 Å². The van der Waals surface area contributed by atoms with Gasteiger partial charge in [-0.2, -0.15) is 5.26 Å². The molecule has 4 aromatic rings. The molecule has 0 radical (unpaired) electrons. The molecule has 0 atom stereocenters. The van der Waals surface area contributed by atoms with Crippen molar-refractivity contribution in [3.63, 3.8) is 0 Å². The Hall–Kier alpha value is -3.43. The second kappa shape index (κ2) is 6.95. The molecule has 0 spiro atoms. The Bertz CT molecular complexity index is 1350. The summed E-state index contributed by atoms with van der Waals surface area (Å²) >= 11 is 1.32. The molecule has 0 aliphatic heterocycles. The molecular formula is C22H17N3O2S. The predicted molar refractivity (Wildman–Crippen MR) is 111 cm³/mol. The van der Waals surface area contributed by atoms with Gasteiger partial charge in [-0.15, -0.1) is 11.3 Å². The number of aryl methyl sites for hydroxylation is 2. The standard InChI is InChI=1S/C22H17N3O2S/c1-14-9-15(2)11-18(10-14)25-21(26)20-19(7-8-28-20)24(22(25)27)13-17-6-4-3-5-16(17)12-23/h3-11H,13H2,1-2H3. The van der Waals surface area contributed by atoms with E-state index in [4.69, 9.17) is 0 Å². The smallest absolute Gasteiger partial charge is 0.288 e. The predicted octanol–water partition coefficient (Wildman–Crippen LogP) is 3.75. The van der Waals surface area contributed by atoms with Crippen LogP contribution in [0, 0.1) is 25.2 Å². The molecule has 138 valence electrons. The lowest BCUT2D eigenvalue weighted by atomic mass is 10.1. The fourth-order valence-electron chi connectivity index (χ4n) is 3.49. The van der Waals surface area contributed by atoms with E-state index in [1.165, 1.54) is 15.9 Å². The van der Waals surface area contributed by atoms with Crippen molar-refractivity contribution in [1.82, 2.24) is 9.13 Å². The fourth-order valence-corrected chi connectivity index (χ4v) is 4.31. The zero-order valence-electron chi connectivity index (χ0n) is 15.5. The minimum Gasteiger partial charge on any atom is -0.288 e. The van der Waals surface area contributed by atoms with Crippen LogP contribution in [0.3, 0.4) is 0 Å². The summed E-state index contributed by atoms with van der Waals surface area (Å²) in [6.45, 7) is 4.10. The first-order chi connectivity index (χ1) is 13.5. The quantitative estimate of drug-likeness (QED) is 0.538. The number of fused-ring (bicyclic) bond motifs is 1. The van der Waals surface area contributed by atoms with Crippen molar-refractivity contribution in [2.24, 2.45) is 0 Å². The summed E-state index contributed by atoms with van der Waals surface area (Å²) < 4.78 is 3.32. The molecule has 0 N–H and O–H groups in total. The molecular weight excluding hydrogens is 370 g/mol. The topological polar surface area (TPSA) is 67.8 Å². The van der Waals surface area contributed by atoms with Crippen molar-refractivity contribution in [2.45, 2.75) is 20.4 Å². The third kappa shape index (κ3) is 2.96. The van der Waals surface area contributed by atoms with Gasteiger partial charge in [0.2, 0.25) is 0 Å². The molecule has 2 heterocycles. The zero-order valence-corrected chi connectivity index (χ0v) is 16.3. The van der Waals surface area contributed by atoms with Crippen molar-refractivity contribution >= 4 is 21.6 Å². The Balaban J connectivity index is 2.03. The molecule has 0 unspecified atom stereocenters. The summed E-state index contributed by atoms with van der Waals surface area (Å²) in [4.78, 5) is 26.4. The Morgan fingerprint density at radius 3 is 2.46 bits per heavy atom. The second-order valence-corrected chi connectivity index (χ2v) is 7.68. The molecule has 0 saturated carbocycles. The van der Waals surface area contributed by atoms with Gasteiger partial charge >= 0.3 is 5.69 Å². The first kappa shape index (κ1) is 18.0. The molecule has 5 nitrogen and oxygen atoms in total. The molecule has 0 amide bonds. The van der Waals surface area contributed by atoms with Crippen molar-refractivity contribution in [3.05, 3.63) is 97.0 Å². The maximum absolute atomic E-state index is 13.4. The van der Waals surface area contributed by atoms with Gasteiger partial charge in [-0.1, -0.05) is 24.3 Å². The molecule has 0 aliphatic rings. The highest BCUT2D eigenvalue weighted by atomic mass is 32.1. The SMILES string of the molecule is Cc1cc(C)cc(-n2c(=O)c3sccc3n(Cc3ccccc3C#N)c2=O)c1. The molecule has 6 heteroatoms. The number of aromatic nitrogens is 2. The van der Waals surface area contributed by atoms with E-state index in [2.05, 4.69) is 6.07 Å². The Morgan fingerprint density at radius 2 is 1.75 bits per heavy atom. The lowest BCUT2D eigenvalue weighted by Gasteiger charge is -2.14. The van der Waals surface area contributed by atoms with Gasteiger partial charge in [-0.05, 0) is 60.2 Å². The van der Waals surface area contributed by atoms with Gasteiger partial charge in [0.15, 0.2) is 0 Å². The summed E-state index contributed by atoms with van der Waals surface area (Å²) in [5.41, 5.74) is 3.65. The van der Waals surface area contributed by atoms with Crippen LogP contribution in [0.1, 0.15) is 22.3 Å². The molecule has 2 aromatic heterocycles. The number of nitrogens with zero attached hydrogens (tertiary/aromatic N) is 3. The highest BCUT2D eigenvalue weighted by molar-refractivity contribution is 7.17. The highest BCUT2D eigenvalue weighted by Crippen LogP contribution is 2.19. The number of hydrogen-bond donors (Lipinski definition) is 0. The van der Waals surface area contributed by atoms with Crippen LogP contribution < -0.4 is 11.2 Å². The fraction of sp³-hybridized carbons (Fsp3) is 0.136. The van der Waals surface area contributed by atoms with Crippen LogP contribution in [0.2, 0.25) is 0 Å². The summed E-state index contributed by atoms with van der Waals surface area (Å²) in [6, 6.07) is 16.8. The molecule has 0 bridgehead atoms. The van der Waals surface area contributed by atoms with Crippen LogP contribution in [0.15, 0.2) is 63.5 Å². The number of hydrogen-bond acceptors (Lipinski definition) is 4. The van der Waals surface area contributed by atoms with Crippen LogP contribution in [-0.4, -0.2) is 9.13 Å². The summed E-state index contributed by atoms with van der Waals surface area (Å²) in [5, 5.41) is 11.2. The van der Waals surface area contributed by atoms with Crippen molar-refractivity contribution in [1.29, 1.82) is 5.26 Å². The lowest BCUT2D eigenvalue weighted by Crippen LogP contribution is -2.38. The average Bonchev–Trinajstić information content (AvgIpc) is 3.15. The molecule has 2 aromatic carbocycles. The molecule has 4 rings (SSSR count). The van der Waals surface area contributed by atoms with Crippen LogP contribution >= 0.6 is 11.3 Å². The Labute approximate surface area is 165 Å². The summed E-state index contributed by atoms with van der Waals surface area (Å²) in [6.07, 6.45) is 0. The third-order valence-corrected chi connectivity index (χ3v) is 5.58. The Morgan fingerprint density at radius 1 is 1.04 bits per heavy atom. The maximum Gasteiger partial charge on any atom is 0.336 e. The van der Waals surface area contributed by atoms with E-state index in [0.717, 1.165) is 16.7 Å². The zero-order chi connectivity index (χ0) is 19.8. The first-order valence-corrected chi connectivity index (χ1v) is 9.67. The number of nitriles is 1. The molecule has 0 aliphatic carbocycles. The summed E-state index contributed by atoms with van der Waals surface area (Å²) in [7, 11) is 0. The molecule has 28 heavy (non-hydrogen) atoms. The second-order valence-electron chi connectivity index (χ2n) is 6.76.